The third-order valence-electron chi connectivity index (χ3n) is 12.2. The van der Waals surface area contributed by atoms with Crippen molar-refractivity contribution in [1.82, 2.24) is 0 Å². The van der Waals surface area contributed by atoms with E-state index in [1.165, 1.54) is 6.08 Å². The first-order chi connectivity index (χ1) is 18.7. The van der Waals surface area contributed by atoms with Gasteiger partial charge in [0.1, 0.15) is 24.9 Å². The maximum Gasteiger partial charge on any atom is 0.331 e. The van der Waals surface area contributed by atoms with Crippen LogP contribution >= 0.6 is 0 Å². The number of rotatable bonds is 3. The van der Waals surface area contributed by atoms with Gasteiger partial charge in [-0.1, -0.05) is 13.8 Å². The zero-order valence-electron chi connectivity index (χ0n) is 23.3. The average Bonchev–Trinajstić information content (AvgIpc) is 3.42. The van der Waals surface area contributed by atoms with Crippen LogP contribution in [-0.2, 0) is 19.0 Å². The van der Waals surface area contributed by atoms with Gasteiger partial charge < -0.3 is 50.0 Å². The van der Waals surface area contributed by atoms with Gasteiger partial charge in [0, 0.05) is 35.7 Å². The van der Waals surface area contributed by atoms with Crippen molar-refractivity contribution in [3.05, 3.63) is 11.6 Å². The van der Waals surface area contributed by atoms with Gasteiger partial charge in [-0.25, -0.2) is 4.79 Å². The molecule has 5 fully saturated rings. The summed E-state index contributed by atoms with van der Waals surface area (Å²) in [4.78, 5) is 11.8. The van der Waals surface area contributed by atoms with Crippen molar-refractivity contribution < 1.29 is 54.8 Å². The van der Waals surface area contributed by atoms with E-state index in [0.29, 0.717) is 19.3 Å². The number of cyclic esters (lactones) is 1. The smallest absolute Gasteiger partial charge is 0.331 e. The first-order valence-corrected chi connectivity index (χ1v) is 14.7. The normalized spacial score (nSPS) is 58.0. The van der Waals surface area contributed by atoms with Gasteiger partial charge in [0.2, 0.25) is 0 Å². The summed E-state index contributed by atoms with van der Waals surface area (Å²) < 4.78 is 16.8. The standard InChI is InChI=1S/C29H44O11/c1-13-22(33)23(34)24(35)25(39-13)40-15-9-19(31)27(3)21-17(4-6-28(27,36)10-15)29(37)7-5-16(14-8-20(32)38-12-14)26(29,2)11-18(21)30/h8,13,15-19,21-25,30-31,33-37H,4-7,9-12H2,1-3H3/t13-,15-,16+,17+,18+,19+,21?,22+,23+,24+,25-,26+,27+,28-,29?/m0/s1. The van der Waals surface area contributed by atoms with Crippen LogP contribution in [0.5, 0.6) is 0 Å². The summed E-state index contributed by atoms with van der Waals surface area (Å²) in [5.41, 5.74) is -3.58. The number of hydrogen-bond acceptors (Lipinski definition) is 11. The quantitative estimate of drug-likeness (QED) is 0.172. The van der Waals surface area contributed by atoms with E-state index >= 15 is 0 Å². The fourth-order valence-electron chi connectivity index (χ4n) is 9.95. The number of carbonyl (C=O) groups is 1. The molecule has 0 aromatic heterocycles. The predicted octanol–water partition coefficient (Wildman–Crippen LogP) is -0.487. The fourth-order valence-corrected chi connectivity index (χ4v) is 9.95. The Morgan fingerprint density at radius 2 is 1.70 bits per heavy atom. The maximum atomic E-state index is 12.4. The molecule has 6 rings (SSSR count). The molecule has 11 heteroatoms. The average molecular weight is 569 g/mol. The molecular weight excluding hydrogens is 524 g/mol. The first-order valence-electron chi connectivity index (χ1n) is 14.7. The van der Waals surface area contributed by atoms with Crippen molar-refractivity contribution >= 4 is 5.97 Å². The molecule has 11 nitrogen and oxygen atoms in total. The van der Waals surface area contributed by atoms with E-state index < -0.39 is 77.0 Å². The minimum absolute atomic E-state index is 0.0962. The highest BCUT2D eigenvalue weighted by Crippen LogP contribution is 2.70. The Morgan fingerprint density at radius 1 is 0.975 bits per heavy atom. The lowest BCUT2D eigenvalue weighted by atomic mass is 9.40. The van der Waals surface area contributed by atoms with E-state index in [0.717, 1.165) is 5.57 Å². The Labute approximate surface area is 233 Å². The van der Waals surface area contributed by atoms with Crippen molar-refractivity contribution in [3.63, 3.8) is 0 Å². The third kappa shape index (κ3) is 3.79. The number of hydrogen-bond donors (Lipinski definition) is 7. The summed E-state index contributed by atoms with van der Waals surface area (Å²) in [6.45, 7) is 5.54. The highest BCUT2D eigenvalue weighted by Gasteiger charge is 2.74. The third-order valence-corrected chi connectivity index (χ3v) is 12.2. The summed E-state index contributed by atoms with van der Waals surface area (Å²) >= 11 is 0. The molecule has 0 aromatic carbocycles. The highest BCUT2D eigenvalue weighted by atomic mass is 16.7. The van der Waals surface area contributed by atoms with Crippen molar-refractivity contribution in [2.45, 2.75) is 126 Å². The van der Waals surface area contributed by atoms with E-state index in [9.17, 15) is 40.5 Å². The van der Waals surface area contributed by atoms with E-state index in [2.05, 4.69) is 0 Å². The molecule has 15 atom stereocenters. The monoisotopic (exact) mass is 568 g/mol. The van der Waals surface area contributed by atoms with Gasteiger partial charge in [-0.15, -0.1) is 0 Å². The zero-order chi connectivity index (χ0) is 29.0. The second-order valence-corrected chi connectivity index (χ2v) is 13.9. The van der Waals surface area contributed by atoms with Gasteiger partial charge in [-0.3, -0.25) is 0 Å². The van der Waals surface area contributed by atoms with Crippen molar-refractivity contribution in [1.29, 1.82) is 0 Å². The molecule has 2 unspecified atom stereocenters. The molecule has 4 aliphatic carbocycles. The molecule has 1 saturated heterocycles. The predicted molar refractivity (Wildman–Crippen MR) is 137 cm³/mol. The molecule has 0 bridgehead atoms. The van der Waals surface area contributed by atoms with Crippen molar-refractivity contribution in [3.8, 4) is 0 Å². The van der Waals surface area contributed by atoms with Crippen LogP contribution in [0.2, 0.25) is 0 Å². The molecule has 40 heavy (non-hydrogen) atoms. The molecular formula is C29H44O11. The molecule has 0 aromatic rings. The summed E-state index contributed by atoms with van der Waals surface area (Å²) in [6, 6.07) is 0. The molecule has 7 N–H and O–H groups in total. The van der Waals surface area contributed by atoms with Crippen LogP contribution in [0.15, 0.2) is 11.6 Å². The Morgan fingerprint density at radius 3 is 2.38 bits per heavy atom. The number of fused-ring (bicyclic) bond motifs is 5. The Bertz CT molecular complexity index is 1070. The zero-order valence-corrected chi connectivity index (χ0v) is 23.3. The molecule has 6 aliphatic rings. The number of carbonyl (C=O) groups excluding carboxylic acids is 1. The van der Waals surface area contributed by atoms with E-state index in [1.54, 1.807) is 13.8 Å². The summed E-state index contributed by atoms with van der Waals surface area (Å²) in [7, 11) is 0. The van der Waals surface area contributed by atoms with Gasteiger partial charge in [-0.05, 0) is 56.4 Å². The lowest BCUT2D eigenvalue weighted by Crippen LogP contribution is -2.74. The van der Waals surface area contributed by atoms with Crippen LogP contribution in [0.1, 0.15) is 65.7 Å². The lowest BCUT2D eigenvalue weighted by Gasteiger charge is -2.68. The number of ether oxygens (including phenoxy) is 3. The minimum Gasteiger partial charge on any atom is -0.458 e. The SMILES string of the molecule is C[C@@H]1O[C@@H](O[C@H]2C[C@@H](O)[C@]3(C)C4[C@H](O)C[C@]5(C)[C@@H](C6=CC(=O)OC6)CCC5(O)[C@@H]4CC[C@]3(O)C2)[C@H](O)[C@H](O)[C@@H]1O. The van der Waals surface area contributed by atoms with E-state index in [4.69, 9.17) is 14.2 Å². The number of aliphatic hydroxyl groups excluding tert-OH is 5. The second-order valence-electron chi connectivity index (χ2n) is 13.9. The first kappa shape index (κ1) is 28.9. The van der Waals surface area contributed by atoms with Gasteiger partial charge in [0.25, 0.3) is 0 Å². The second kappa shape index (κ2) is 9.42. The van der Waals surface area contributed by atoms with Gasteiger partial charge in [0.05, 0.1) is 35.6 Å². The van der Waals surface area contributed by atoms with Crippen LogP contribution in [0, 0.1) is 28.6 Å². The molecule has 0 radical (unpaired) electrons. The minimum atomic E-state index is -1.50. The van der Waals surface area contributed by atoms with Gasteiger partial charge in [-0.2, -0.15) is 0 Å². The molecule has 4 saturated carbocycles. The number of esters is 1. The van der Waals surface area contributed by atoms with Gasteiger partial charge in [0.15, 0.2) is 6.29 Å². The van der Waals surface area contributed by atoms with Crippen LogP contribution in [0.3, 0.4) is 0 Å². The highest BCUT2D eigenvalue weighted by molar-refractivity contribution is 5.85. The van der Waals surface area contributed by atoms with E-state index in [-0.39, 0.29) is 50.1 Å². The topological polar surface area (TPSA) is 186 Å². The largest absolute Gasteiger partial charge is 0.458 e. The maximum absolute atomic E-state index is 12.4. The Balaban J connectivity index is 1.26. The molecule has 0 amide bonds. The summed E-state index contributed by atoms with van der Waals surface area (Å²) in [5.74, 6) is -1.45. The van der Waals surface area contributed by atoms with Gasteiger partial charge >= 0.3 is 5.97 Å². The summed E-state index contributed by atoms with van der Waals surface area (Å²) in [6.07, 6.45) is -5.12. The fraction of sp³-hybridized carbons (Fsp3) is 0.897. The van der Waals surface area contributed by atoms with E-state index in [1.807, 2.05) is 6.92 Å². The van der Waals surface area contributed by atoms with Crippen LogP contribution in [0.25, 0.3) is 0 Å². The Kier molecular flexibility index (Phi) is 6.82. The lowest BCUT2D eigenvalue weighted by molar-refractivity contribution is -0.335. The van der Waals surface area contributed by atoms with Crippen LogP contribution < -0.4 is 0 Å². The number of aliphatic hydroxyl groups is 7. The van der Waals surface area contributed by atoms with Crippen molar-refractivity contribution in [2.75, 3.05) is 6.61 Å². The summed E-state index contributed by atoms with van der Waals surface area (Å²) in [5, 5.41) is 78.5. The van der Waals surface area contributed by atoms with Crippen molar-refractivity contribution in [2.24, 2.45) is 28.6 Å². The van der Waals surface area contributed by atoms with Crippen LogP contribution in [0.4, 0.5) is 0 Å². The molecule has 226 valence electrons. The molecule has 0 spiro atoms. The van der Waals surface area contributed by atoms with Crippen LogP contribution in [-0.4, -0.2) is 109 Å². The molecule has 2 aliphatic heterocycles. The molecule has 2 heterocycles. The Hall–Kier alpha value is -1.15.